The third-order valence-electron chi connectivity index (χ3n) is 10.0. The molecule has 0 aromatic rings. The van der Waals surface area contributed by atoms with Gasteiger partial charge in [-0.2, -0.15) is 0 Å². The third kappa shape index (κ3) is 41.2. The SMILES string of the molecule is CCCCCCCCCCCCCCCCCCCCCC(=O)OC[C@@H](O)COC(=O)CCCCCCCCCCCCCCCC(C)C. The molecule has 0 aromatic carbocycles. The largest absolute Gasteiger partial charge is 0.463 e. The van der Waals surface area contributed by atoms with E-state index < -0.39 is 6.10 Å². The fraction of sp³-hybridized carbons (Fsp3) is 0.955. The average molecular weight is 695 g/mol. The van der Waals surface area contributed by atoms with E-state index in [1.807, 2.05) is 0 Å². The highest BCUT2D eigenvalue weighted by atomic mass is 16.6. The minimum atomic E-state index is -0.956. The first-order valence-corrected chi connectivity index (χ1v) is 21.9. The van der Waals surface area contributed by atoms with Gasteiger partial charge in [-0.1, -0.05) is 220 Å². The summed E-state index contributed by atoms with van der Waals surface area (Å²) in [5.41, 5.74) is 0. The fourth-order valence-electron chi connectivity index (χ4n) is 6.68. The average Bonchev–Trinajstić information content (AvgIpc) is 3.08. The van der Waals surface area contributed by atoms with Crippen molar-refractivity contribution < 1.29 is 24.2 Å². The van der Waals surface area contributed by atoms with Gasteiger partial charge in [0.05, 0.1) is 0 Å². The molecule has 0 saturated heterocycles. The summed E-state index contributed by atoms with van der Waals surface area (Å²) in [6.45, 7) is 6.69. The number of carbonyl (C=O) groups excluding carboxylic acids is 2. The van der Waals surface area contributed by atoms with Crippen LogP contribution in [-0.2, 0) is 19.1 Å². The van der Waals surface area contributed by atoms with Crippen LogP contribution in [0.5, 0.6) is 0 Å². The van der Waals surface area contributed by atoms with Crippen LogP contribution < -0.4 is 0 Å². The summed E-state index contributed by atoms with van der Waals surface area (Å²) in [6.07, 6.45) is 43.1. The van der Waals surface area contributed by atoms with Gasteiger partial charge in [-0.15, -0.1) is 0 Å². The smallest absolute Gasteiger partial charge is 0.305 e. The molecular weight excluding hydrogens is 608 g/mol. The Morgan fingerprint density at radius 3 is 0.918 bits per heavy atom. The molecule has 0 rings (SSSR count). The molecule has 0 heterocycles. The molecular formula is C44H86O5. The monoisotopic (exact) mass is 695 g/mol. The van der Waals surface area contributed by atoms with Crippen molar-refractivity contribution in [3.05, 3.63) is 0 Å². The predicted molar refractivity (Wildman–Crippen MR) is 210 cm³/mol. The number of carbonyl (C=O) groups is 2. The molecule has 0 unspecified atom stereocenters. The number of aliphatic hydroxyl groups excluding tert-OH is 1. The molecule has 5 heteroatoms. The molecule has 292 valence electrons. The Morgan fingerprint density at radius 2 is 0.653 bits per heavy atom. The molecule has 0 aromatic heterocycles. The zero-order chi connectivity index (χ0) is 35.9. The van der Waals surface area contributed by atoms with Gasteiger partial charge in [0, 0.05) is 12.8 Å². The molecule has 1 atom stereocenters. The predicted octanol–water partition coefficient (Wildman–Crippen LogP) is 13.8. The van der Waals surface area contributed by atoms with Crippen LogP contribution in [0.3, 0.4) is 0 Å². The third-order valence-corrected chi connectivity index (χ3v) is 10.0. The maximum Gasteiger partial charge on any atom is 0.305 e. The van der Waals surface area contributed by atoms with Gasteiger partial charge in [0.15, 0.2) is 0 Å². The van der Waals surface area contributed by atoms with Gasteiger partial charge in [-0.05, 0) is 18.8 Å². The first-order chi connectivity index (χ1) is 24.0. The zero-order valence-electron chi connectivity index (χ0n) is 33.4. The van der Waals surface area contributed by atoms with Gasteiger partial charge in [-0.3, -0.25) is 9.59 Å². The standard InChI is InChI=1S/C44H86O5/c1-4-5-6-7-8-9-10-11-12-13-14-15-16-19-22-25-28-31-34-37-43(46)48-39-42(45)40-49-44(47)38-35-32-29-26-23-20-17-18-21-24-27-30-33-36-41(2)3/h41-42,45H,4-40H2,1-3H3/t42-/m1/s1. The summed E-state index contributed by atoms with van der Waals surface area (Å²) < 4.78 is 10.4. The number of aliphatic hydroxyl groups is 1. The summed E-state index contributed by atoms with van der Waals surface area (Å²) >= 11 is 0. The lowest BCUT2D eigenvalue weighted by Crippen LogP contribution is -2.25. The molecule has 0 radical (unpaired) electrons. The van der Waals surface area contributed by atoms with E-state index in [0.29, 0.717) is 12.8 Å². The Hall–Kier alpha value is -1.10. The van der Waals surface area contributed by atoms with E-state index in [1.54, 1.807) is 0 Å². The van der Waals surface area contributed by atoms with Crippen molar-refractivity contribution in [2.24, 2.45) is 5.92 Å². The van der Waals surface area contributed by atoms with Crippen molar-refractivity contribution >= 4 is 11.9 Å². The van der Waals surface area contributed by atoms with Crippen molar-refractivity contribution in [3.63, 3.8) is 0 Å². The molecule has 0 aliphatic heterocycles. The molecule has 0 spiro atoms. The van der Waals surface area contributed by atoms with Crippen molar-refractivity contribution in [2.75, 3.05) is 13.2 Å². The van der Waals surface area contributed by atoms with Crippen molar-refractivity contribution in [3.8, 4) is 0 Å². The summed E-state index contributed by atoms with van der Waals surface area (Å²) in [4.78, 5) is 24.0. The first kappa shape index (κ1) is 47.9. The van der Waals surface area contributed by atoms with Gasteiger partial charge >= 0.3 is 11.9 Å². The van der Waals surface area contributed by atoms with Gasteiger partial charge in [0.25, 0.3) is 0 Å². The quantitative estimate of drug-likeness (QED) is 0.0510. The van der Waals surface area contributed by atoms with Crippen molar-refractivity contribution in [1.82, 2.24) is 0 Å². The molecule has 0 aliphatic rings. The molecule has 0 amide bonds. The van der Waals surface area contributed by atoms with E-state index in [2.05, 4.69) is 20.8 Å². The highest BCUT2D eigenvalue weighted by molar-refractivity contribution is 5.69. The first-order valence-electron chi connectivity index (χ1n) is 21.9. The maximum absolute atomic E-state index is 12.0. The van der Waals surface area contributed by atoms with Gasteiger partial charge in [0.1, 0.15) is 19.3 Å². The Morgan fingerprint density at radius 1 is 0.408 bits per heavy atom. The number of ether oxygens (including phenoxy) is 2. The zero-order valence-corrected chi connectivity index (χ0v) is 33.4. The highest BCUT2D eigenvalue weighted by Gasteiger charge is 2.12. The maximum atomic E-state index is 12.0. The minimum absolute atomic E-state index is 0.108. The van der Waals surface area contributed by atoms with E-state index in [0.717, 1.165) is 31.6 Å². The van der Waals surface area contributed by atoms with Crippen molar-refractivity contribution in [1.29, 1.82) is 0 Å². The lowest BCUT2D eigenvalue weighted by Gasteiger charge is -2.12. The number of esters is 2. The summed E-state index contributed by atoms with van der Waals surface area (Å²) in [5, 5.41) is 10.0. The summed E-state index contributed by atoms with van der Waals surface area (Å²) in [6, 6.07) is 0. The molecule has 0 aliphatic carbocycles. The Bertz CT molecular complexity index is 678. The topological polar surface area (TPSA) is 72.8 Å². The number of rotatable bonds is 40. The molecule has 5 nitrogen and oxygen atoms in total. The molecule has 0 fully saturated rings. The fourth-order valence-corrected chi connectivity index (χ4v) is 6.68. The summed E-state index contributed by atoms with van der Waals surface area (Å²) in [7, 11) is 0. The Balaban J connectivity index is 3.36. The van der Waals surface area contributed by atoms with Gasteiger partial charge in [-0.25, -0.2) is 0 Å². The number of hydrogen-bond donors (Lipinski definition) is 1. The number of unbranched alkanes of at least 4 members (excludes halogenated alkanes) is 30. The van der Waals surface area contributed by atoms with E-state index in [1.165, 1.54) is 186 Å². The second-order valence-corrected chi connectivity index (χ2v) is 15.7. The second kappa shape index (κ2) is 39.7. The van der Waals surface area contributed by atoms with E-state index >= 15 is 0 Å². The molecule has 0 bridgehead atoms. The highest BCUT2D eigenvalue weighted by Crippen LogP contribution is 2.16. The number of hydrogen-bond acceptors (Lipinski definition) is 5. The Labute approximate surface area is 306 Å². The van der Waals surface area contributed by atoms with Gasteiger partial charge in [0.2, 0.25) is 0 Å². The van der Waals surface area contributed by atoms with Gasteiger partial charge < -0.3 is 14.6 Å². The van der Waals surface area contributed by atoms with Crippen LogP contribution in [-0.4, -0.2) is 36.4 Å². The lowest BCUT2D eigenvalue weighted by molar-refractivity contribution is -0.152. The lowest BCUT2D eigenvalue weighted by atomic mass is 10.0. The van der Waals surface area contributed by atoms with E-state index in [-0.39, 0.29) is 25.2 Å². The molecule has 49 heavy (non-hydrogen) atoms. The van der Waals surface area contributed by atoms with E-state index in [4.69, 9.17) is 9.47 Å². The molecule has 1 N–H and O–H groups in total. The normalized spacial score (nSPS) is 12.1. The molecule has 0 saturated carbocycles. The van der Waals surface area contributed by atoms with Crippen molar-refractivity contribution in [2.45, 2.75) is 252 Å². The van der Waals surface area contributed by atoms with E-state index in [9.17, 15) is 14.7 Å². The Kier molecular flexibility index (Phi) is 38.8. The van der Waals surface area contributed by atoms with Crippen LogP contribution in [0.15, 0.2) is 0 Å². The summed E-state index contributed by atoms with van der Waals surface area (Å²) in [5.74, 6) is 0.300. The van der Waals surface area contributed by atoms with Crippen LogP contribution in [0.25, 0.3) is 0 Å². The van der Waals surface area contributed by atoms with Crippen LogP contribution in [0.1, 0.15) is 245 Å². The van der Waals surface area contributed by atoms with Crippen LogP contribution >= 0.6 is 0 Å². The van der Waals surface area contributed by atoms with Crippen LogP contribution in [0.4, 0.5) is 0 Å². The van der Waals surface area contributed by atoms with Crippen LogP contribution in [0, 0.1) is 5.92 Å². The van der Waals surface area contributed by atoms with Crippen LogP contribution in [0.2, 0.25) is 0 Å². The second-order valence-electron chi connectivity index (χ2n) is 15.7. The minimum Gasteiger partial charge on any atom is -0.463 e.